The molecule has 0 aliphatic heterocycles. The van der Waals surface area contributed by atoms with E-state index in [9.17, 15) is 8.78 Å². The normalized spacial score (nSPS) is 10.1. The number of anilines is 2. The number of halogens is 2. The third-order valence-corrected chi connectivity index (χ3v) is 4.73. The first-order valence-electron chi connectivity index (χ1n) is 8.05. The molecule has 0 saturated heterocycles. The van der Waals surface area contributed by atoms with Crippen molar-refractivity contribution in [2.24, 2.45) is 0 Å². The van der Waals surface area contributed by atoms with Gasteiger partial charge in [-0.3, -0.25) is 0 Å². The molecule has 0 aromatic heterocycles. The van der Waals surface area contributed by atoms with Gasteiger partial charge in [-0.25, -0.2) is 8.78 Å². The predicted octanol–water partition coefficient (Wildman–Crippen LogP) is 5.35. The Labute approximate surface area is 155 Å². The molecule has 4 nitrogen and oxygen atoms in total. The molecule has 2 aromatic carbocycles. The molecule has 7 heteroatoms. The highest BCUT2D eigenvalue weighted by Gasteiger charge is 2.25. The minimum atomic E-state index is -0.932. The van der Waals surface area contributed by atoms with Crippen LogP contribution < -0.4 is 10.1 Å². The third-order valence-electron chi connectivity index (χ3n) is 3.44. The SMILES string of the molecule is CCCSc1c(F)c(C#N)c(C#N)c(F)c1Nc1ccc(OCC)cc1. The van der Waals surface area contributed by atoms with Gasteiger partial charge < -0.3 is 10.1 Å². The summed E-state index contributed by atoms with van der Waals surface area (Å²) in [5.41, 5.74) is -0.792. The van der Waals surface area contributed by atoms with E-state index in [1.54, 1.807) is 36.4 Å². The van der Waals surface area contributed by atoms with Gasteiger partial charge in [-0.2, -0.15) is 10.5 Å². The fourth-order valence-corrected chi connectivity index (χ4v) is 3.20. The number of hydrogen-bond donors (Lipinski definition) is 1. The van der Waals surface area contributed by atoms with Crippen LogP contribution in [0.15, 0.2) is 29.2 Å². The Hall–Kier alpha value is -2.77. The quantitative estimate of drug-likeness (QED) is 0.662. The number of thioether (sulfide) groups is 1. The summed E-state index contributed by atoms with van der Waals surface area (Å²) in [6, 6.07) is 9.91. The van der Waals surface area contributed by atoms with Gasteiger partial charge in [0, 0.05) is 5.69 Å². The fourth-order valence-electron chi connectivity index (χ4n) is 2.27. The van der Waals surface area contributed by atoms with E-state index in [1.165, 1.54) is 0 Å². The highest BCUT2D eigenvalue weighted by atomic mass is 32.2. The molecule has 0 heterocycles. The summed E-state index contributed by atoms with van der Waals surface area (Å²) in [5, 5.41) is 21.1. The summed E-state index contributed by atoms with van der Waals surface area (Å²) in [4.78, 5) is -0.00575. The summed E-state index contributed by atoms with van der Waals surface area (Å²) < 4.78 is 34.9. The molecule has 0 unspecified atom stereocenters. The van der Waals surface area contributed by atoms with E-state index in [0.29, 0.717) is 23.8 Å². The second-order valence-electron chi connectivity index (χ2n) is 5.24. The van der Waals surface area contributed by atoms with Gasteiger partial charge in [-0.05, 0) is 43.4 Å². The molecule has 2 aromatic rings. The van der Waals surface area contributed by atoms with Gasteiger partial charge in [0.2, 0.25) is 0 Å². The van der Waals surface area contributed by atoms with Crippen LogP contribution in [0.3, 0.4) is 0 Å². The zero-order valence-electron chi connectivity index (χ0n) is 14.4. The van der Waals surface area contributed by atoms with Crippen molar-refractivity contribution < 1.29 is 13.5 Å². The first kappa shape index (κ1) is 19.6. The van der Waals surface area contributed by atoms with Crippen molar-refractivity contribution >= 4 is 23.1 Å². The molecule has 0 fully saturated rings. The van der Waals surface area contributed by atoms with Crippen molar-refractivity contribution in [1.29, 1.82) is 10.5 Å². The van der Waals surface area contributed by atoms with E-state index in [-0.39, 0.29) is 10.6 Å². The third kappa shape index (κ3) is 4.07. The summed E-state index contributed by atoms with van der Waals surface area (Å²) in [6.45, 7) is 4.29. The Morgan fingerprint density at radius 1 is 1.04 bits per heavy atom. The lowest BCUT2D eigenvalue weighted by Crippen LogP contribution is -2.05. The van der Waals surface area contributed by atoms with Crippen LogP contribution in [-0.2, 0) is 0 Å². The van der Waals surface area contributed by atoms with Gasteiger partial charge in [0.15, 0.2) is 11.6 Å². The minimum Gasteiger partial charge on any atom is -0.494 e. The maximum absolute atomic E-state index is 14.8. The molecular weight excluding hydrogens is 356 g/mol. The molecule has 0 radical (unpaired) electrons. The first-order valence-corrected chi connectivity index (χ1v) is 9.03. The van der Waals surface area contributed by atoms with Crippen LogP contribution in [0.4, 0.5) is 20.2 Å². The van der Waals surface area contributed by atoms with E-state index in [2.05, 4.69) is 5.32 Å². The van der Waals surface area contributed by atoms with Gasteiger partial charge in [0.25, 0.3) is 0 Å². The molecular formula is C19H17F2N3OS. The average molecular weight is 373 g/mol. The maximum Gasteiger partial charge on any atom is 0.167 e. The van der Waals surface area contributed by atoms with Crippen molar-refractivity contribution in [3.63, 3.8) is 0 Å². The molecule has 0 aliphatic carbocycles. The lowest BCUT2D eigenvalue weighted by molar-refractivity contribution is 0.340. The zero-order valence-corrected chi connectivity index (χ0v) is 15.2. The summed E-state index contributed by atoms with van der Waals surface area (Å²) >= 11 is 1.10. The smallest absolute Gasteiger partial charge is 0.167 e. The van der Waals surface area contributed by atoms with Crippen molar-refractivity contribution in [1.82, 2.24) is 0 Å². The molecule has 1 N–H and O–H groups in total. The monoisotopic (exact) mass is 373 g/mol. The van der Waals surface area contributed by atoms with Gasteiger partial charge in [-0.15, -0.1) is 11.8 Å². The van der Waals surface area contributed by atoms with E-state index in [4.69, 9.17) is 15.3 Å². The number of nitrogens with one attached hydrogen (secondary N) is 1. The van der Waals surface area contributed by atoms with Crippen molar-refractivity contribution in [2.45, 2.75) is 25.2 Å². The molecule has 2 rings (SSSR count). The lowest BCUT2D eigenvalue weighted by atomic mass is 10.1. The Kier molecular flexibility index (Phi) is 6.82. The van der Waals surface area contributed by atoms with Crippen LogP contribution >= 0.6 is 11.8 Å². The topological polar surface area (TPSA) is 68.8 Å². The van der Waals surface area contributed by atoms with E-state index >= 15 is 0 Å². The summed E-state index contributed by atoms with van der Waals surface area (Å²) in [5.74, 6) is -0.608. The van der Waals surface area contributed by atoms with E-state index in [0.717, 1.165) is 18.2 Å². The molecule has 26 heavy (non-hydrogen) atoms. The Bertz CT molecular complexity index is 871. The molecule has 0 spiro atoms. The molecule has 0 atom stereocenters. The van der Waals surface area contributed by atoms with Crippen LogP contribution in [0.1, 0.15) is 31.4 Å². The molecule has 134 valence electrons. The number of benzene rings is 2. The second-order valence-corrected chi connectivity index (χ2v) is 6.34. The van der Waals surface area contributed by atoms with Gasteiger partial charge in [0.1, 0.15) is 29.0 Å². The largest absolute Gasteiger partial charge is 0.494 e. The molecule has 0 aliphatic rings. The van der Waals surface area contributed by atoms with Crippen molar-refractivity contribution in [2.75, 3.05) is 17.7 Å². The van der Waals surface area contributed by atoms with Crippen molar-refractivity contribution in [3.8, 4) is 17.9 Å². The van der Waals surface area contributed by atoms with Crippen LogP contribution in [0.25, 0.3) is 0 Å². The number of nitriles is 2. The van der Waals surface area contributed by atoms with Crippen LogP contribution in [-0.4, -0.2) is 12.4 Å². The second kappa shape index (κ2) is 9.07. The first-order chi connectivity index (χ1) is 12.6. The highest BCUT2D eigenvalue weighted by molar-refractivity contribution is 7.99. The van der Waals surface area contributed by atoms with E-state index in [1.807, 2.05) is 13.8 Å². The molecule has 0 saturated carbocycles. The molecule has 0 bridgehead atoms. The minimum absolute atomic E-state index is 0.00575. The van der Waals surface area contributed by atoms with Crippen LogP contribution in [0.2, 0.25) is 0 Å². The van der Waals surface area contributed by atoms with Crippen LogP contribution in [0.5, 0.6) is 5.75 Å². The number of hydrogen-bond acceptors (Lipinski definition) is 5. The summed E-state index contributed by atoms with van der Waals surface area (Å²) in [7, 11) is 0. The average Bonchev–Trinajstić information content (AvgIpc) is 2.65. The Morgan fingerprint density at radius 2 is 1.65 bits per heavy atom. The number of rotatable bonds is 7. The fraction of sp³-hybridized carbons (Fsp3) is 0.263. The standard InChI is InChI=1S/C19H17F2N3OS/c1-3-9-26-19-17(21)15(11-23)14(10-22)16(20)18(19)24-12-5-7-13(8-6-12)25-4-2/h5-8,24H,3-4,9H2,1-2H3. The Morgan fingerprint density at radius 3 is 2.19 bits per heavy atom. The molecule has 0 amide bonds. The van der Waals surface area contributed by atoms with Crippen molar-refractivity contribution in [3.05, 3.63) is 47.0 Å². The number of nitrogens with zero attached hydrogens (tertiary/aromatic N) is 2. The maximum atomic E-state index is 14.8. The van der Waals surface area contributed by atoms with Gasteiger partial charge in [-0.1, -0.05) is 6.92 Å². The Balaban J connectivity index is 2.53. The zero-order chi connectivity index (χ0) is 19.1. The highest BCUT2D eigenvalue weighted by Crippen LogP contribution is 2.38. The predicted molar refractivity (Wildman–Crippen MR) is 97.7 cm³/mol. The van der Waals surface area contributed by atoms with E-state index < -0.39 is 22.8 Å². The summed E-state index contributed by atoms with van der Waals surface area (Å²) in [6.07, 6.45) is 0.746. The van der Waals surface area contributed by atoms with Gasteiger partial charge >= 0.3 is 0 Å². The lowest BCUT2D eigenvalue weighted by Gasteiger charge is -2.16. The van der Waals surface area contributed by atoms with Gasteiger partial charge in [0.05, 0.1) is 17.2 Å². The van der Waals surface area contributed by atoms with Crippen LogP contribution in [0, 0.1) is 34.3 Å². The number of ether oxygens (including phenoxy) is 1.